The number of nitrogens with zero attached hydrogens (tertiary/aromatic N) is 5. The van der Waals surface area contributed by atoms with E-state index in [1.165, 1.54) is 0 Å². The molecule has 2 heterocycles. The van der Waals surface area contributed by atoms with Gasteiger partial charge in [0.1, 0.15) is 17.3 Å². The van der Waals surface area contributed by atoms with E-state index in [9.17, 15) is 0 Å². The molecule has 5 heteroatoms. The van der Waals surface area contributed by atoms with Crippen molar-refractivity contribution in [2.24, 2.45) is 0 Å². The van der Waals surface area contributed by atoms with Crippen LogP contribution in [0.2, 0.25) is 0 Å². The van der Waals surface area contributed by atoms with Gasteiger partial charge in [0.25, 0.3) is 5.95 Å². The van der Waals surface area contributed by atoms with Gasteiger partial charge in [0.2, 0.25) is 0 Å². The molecule has 1 aromatic carbocycles. The zero-order valence-corrected chi connectivity index (χ0v) is 8.78. The Labute approximate surface area is 97.0 Å². The molecule has 2 aromatic heterocycles. The smallest absolute Gasteiger partial charge is 0.255 e. The Hall–Kier alpha value is -2.74. The molecule has 3 rings (SSSR count). The van der Waals surface area contributed by atoms with Gasteiger partial charge in [-0.05, 0) is 24.3 Å². The van der Waals surface area contributed by atoms with Crippen LogP contribution in [0.15, 0.2) is 42.6 Å². The van der Waals surface area contributed by atoms with Crippen molar-refractivity contribution in [1.29, 1.82) is 5.26 Å². The fourth-order valence-electron chi connectivity index (χ4n) is 1.62. The second-order valence-corrected chi connectivity index (χ2v) is 3.48. The summed E-state index contributed by atoms with van der Waals surface area (Å²) in [5, 5.41) is 17.0. The normalized spacial score (nSPS) is 10.3. The monoisotopic (exact) mass is 221 g/mol. The molecule has 0 N–H and O–H groups in total. The van der Waals surface area contributed by atoms with Gasteiger partial charge in [0.05, 0.1) is 5.52 Å². The molecule has 17 heavy (non-hydrogen) atoms. The van der Waals surface area contributed by atoms with Gasteiger partial charge in [-0.3, -0.25) is 4.57 Å². The van der Waals surface area contributed by atoms with E-state index in [2.05, 4.69) is 21.3 Å². The Morgan fingerprint density at radius 2 is 1.82 bits per heavy atom. The van der Waals surface area contributed by atoms with Gasteiger partial charge in [-0.2, -0.15) is 5.26 Å². The maximum atomic E-state index is 8.94. The van der Waals surface area contributed by atoms with E-state index in [-0.39, 0.29) is 0 Å². The van der Waals surface area contributed by atoms with E-state index in [1.807, 2.05) is 24.3 Å². The molecule has 0 saturated heterocycles. The molecular formula is C12H7N5. The third-order valence-electron chi connectivity index (χ3n) is 2.43. The Bertz CT molecular complexity index is 723. The lowest BCUT2D eigenvalue weighted by atomic mass is 10.3. The van der Waals surface area contributed by atoms with Crippen molar-refractivity contribution >= 4 is 11.0 Å². The predicted octanol–water partition coefficient (Wildman–Crippen LogP) is 1.69. The molecule has 0 unspecified atom stereocenters. The van der Waals surface area contributed by atoms with E-state index in [1.54, 1.807) is 22.9 Å². The molecule has 80 valence electrons. The van der Waals surface area contributed by atoms with Crippen LogP contribution in [0.3, 0.4) is 0 Å². The molecule has 0 radical (unpaired) electrons. The quantitative estimate of drug-likeness (QED) is 0.627. The van der Waals surface area contributed by atoms with Crippen LogP contribution in [0.1, 0.15) is 5.69 Å². The summed E-state index contributed by atoms with van der Waals surface area (Å²) in [5.74, 6) is 0.408. The number of benzene rings is 1. The Morgan fingerprint density at radius 1 is 1.00 bits per heavy atom. The number of fused-ring (bicyclic) bond motifs is 1. The Morgan fingerprint density at radius 3 is 2.65 bits per heavy atom. The minimum Gasteiger partial charge on any atom is -0.275 e. The van der Waals surface area contributed by atoms with Crippen molar-refractivity contribution < 1.29 is 0 Å². The standard InChI is InChI=1S/C12H7N5/c13-8-9-4-3-7-17(9)12-14-10-5-1-2-6-11(10)15-16-12/h1-7H. The first-order valence-corrected chi connectivity index (χ1v) is 5.06. The van der Waals surface area contributed by atoms with E-state index in [0.29, 0.717) is 11.6 Å². The number of hydrogen-bond acceptors (Lipinski definition) is 4. The first-order chi connectivity index (χ1) is 8.38. The Kier molecular flexibility index (Phi) is 2.06. The summed E-state index contributed by atoms with van der Waals surface area (Å²) < 4.78 is 1.61. The fourth-order valence-corrected chi connectivity index (χ4v) is 1.62. The number of rotatable bonds is 1. The average molecular weight is 221 g/mol. The zero-order valence-electron chi connectivity index (χ0n) is 8.78. The van der Waals surface area contributed by atoms with E-state index < -0.39 is 0 Å². The topological polar surface area (TPSA) is 67.4 Å². The van der Waals surface area contributed by atoms with Crippen LogP contribution in [0.4, 0.5) is 0 Å². The number of para-hydroxylation sites is 1. The van der Waals surface area contributed by atoms with Crippen LogP contribution in [-0.2, 0) is 0 Å². The lowest BCUT2D eigenvalue weighted by Gasteiger charge is -2.02. The Balaban J connectivity index is 2.22. The summed E-state index contributed by atoms with van der Waals surface area (Å²) in [4.78, 5) is 4.36. The van der Waals surface area contributed by atoms with E-state index in [0.717, 1.165) is 11.0 Å². The fraction of sp³-hybridized carbons (Fsp3) is 0. The molecule has 3 aromatic rings. The maximum absolute atomic E-state index is 8.94. The molecule has 0 fully saturated rings. The van der Waals surface area contributed by atoms with Crippen LogP contribution < -0.4 is 0 Å². The van der Waals surface area contributed by atoms with Gasteiger partial charge in [0, 0.05) is 6.20 Å². The van der Waals surface area contributed by atoms with Gasteiger partial charge in [0.15, 0.2) is 0 Å². The second-order valence-electron chi connectivity index (χ2n) is 3.48. The molecule has 0 amide bonds. The molecule has 0 aliphatic rings. The molecule has 0 spiro atoms. The van der Waals surface area contributed by atoms with Crippen LogP contribution in [0.5, 0.6) is 0 Å². The lowest BCUT2D eigenvalue weighted by molar-refractivity contribution is 0.877. The first kappa shape index (κ1) is 9.48. The molecule has 0 aliphatic heterocycles. The third-order valence-corrected chi connectivity index (χ3v) is 2.43. The minimum atomic E-state index is 0.408. The minimum absolute atomic E-state index is 0.408. The molecule has 0 atom stereocenters. The summed E-state index contributed by atoms with van der Waals surface area (Å²) in [6.45, 7) is 0. The third kappa shape index (κ3) is 1.52. The molecular weight excluding hydrogens is 214 g/mol. The largest absolute Gasteiger partial charge is 0.275 e. The van der Waals surface area contributed by atoms with Gasteiger partial charge in [-0.25, -0.2) is 4.98 Å². The van der Waals surface area contributed by atoms with Crippen molar-refractivity contribution in [3.63, 3.8) is 0 Å². The van der Waals surface area contributed by atoms with Crippen LogP contribution in [0.25, 0.3) is 17.0 Å². The highest BCUT2D eigenvalue weighted by molar-refractivity contribution is 5.73. The van der Waals surface area contributed by atoms with Gasteiger partial charge >= 0.3 is 0 Å². The van der Waals surface area contributed by atoms with E-state index in [4.69, 9.17) is 5.26 Å². The van der Waals surface area contributed by atoms with Crippen molar-refractivity contribution in [2.45, 2.75) is 0 Å². The van der Waals surface area contributed by atoms with Crippen molar-refractivity contribution in [3.8, 4) is 12.0 Å². The van der Waals surface area contributed by atoms with Gasteiger partial charge in [-0.1, -0.05) is 12.1 Å². The van der Waals surface area contributed by atoms with E-state index >= 15 is 0 Å². The van der Waals surface area contributed by atoms with Gasteiger partial charge in [-0.15, -0.1) is 10.2 Å². The van der Waals surface area contributed by atoms with Crippen molar-refractivity contribution in [3.05, 3.63) is 48.3 Å². The van der Waals surface area contributed by atoms with Crippen molar-refractivity contribution in [2.75, 3.05) is 0 Å². The average Bonchev–Trinajstić information content (AvgIpc) is 2.86. The molecule has 0 bridgehead atoms. The highest BCUT2D eigenvalue weighted by atomic mass is 15.3. The van der Waals surface area contributed by atoms with Crippen LogP contribution >= 0.6 is 0 Å². The van der Waals surface area contributed by atoms with Crippen molar-refractivity contribution in [1.82, 2.24) is 19.7 Å². The summed E-state index contributed by atoms with van der Waals surface area (Å²) in [7, 11) is 0. The summed E-state index contributed by atoms with van der Waals surface area (Å²) in [5.41, 5.74) is 1.99. The molecule has 5 nitrogen and oxygen atoms in total. The lowest BCUT2D eigenvalue weighted by Crippen LogP contribution is -2.03. The summed E-state index contributed by atoms with van der Waals surface area (Å²) >= 11 is 0. The van der Waals surface area contributed by atoms with Crippen LogP contribution in [0, 0.1) is 11.3 Å². The summed E-state index contributed by atoms with van der Waals surface area (Å²) in [6.07, 6.45) is 1.74. The number of hydrogen-bond donors (Lipinski definition) is 0. The number of aromatic nitrogens is 4. The zero-order chi connectivity index (χ0) is 11.7. The first-order valence-electron chi connectivity index (χ1n) is 5.06. The predicted molar refractivity (Wildman–Crippen MR) is 61.4 cm³/mol. The van der Waals surface area contributed by atoms with Gasteiger partial charge < -0.3 is 0 Å². The highest BCUT2D eigenvalue weighted by Crippen LogP contribution is 2.11. The second kappa shape index (κ2) is 3.68. The SMILES string of the molecule is N#Cc1cccn1-c1nnc2ccccc2n1. The van der Waals surface area contributed by atoms with Crippen LogP contribution in [-0.4, -0.2) is 19.7 Å². The molecule has 0 aliphatic carbocycles. The number of nitriles is 1. The highest BCUT2D eigenvalue weighted by Gasteiger charge is 2.06. The summed E-state index contributed by atoms with van der Waals surface area (Å²) in [6, 6.07) is 13.0. The maximum Gasteiger partial charge on any atom is 0.255 e. The molecule has 0 saturated carbocycles.